The monoisotopic (exact) mass is 358 g/mol. The van der Waals surface area contributed by atoms with Crippen LogP contribution >= 0.6 is 31.9 Å². The normalized spacial score (nSPS) is 10.3. The molecule has 0 aliphatic rings. The van der Waals surface area contributed by atoms with Crippen LogP contribution in [-0.2, 0) is 6.61 Å². The van der Waals surface area contributed by atoms with E-state index in [9.17, 15) is 4.39 Å². The third-order valence-electron chi connectivity index (χ3n) is 2.20. The first-order valence-electron chi connectivity index (χ1n) is 4.97. The summed E-state index contributed by atoms with van der Waals surface area (Å²) in [6, 6.07) is 12.3. The summed E-state index contributed by atoms with van der Waals surface area (Å²) in [5, 5.41) is 0. The van der Waals surface area contributed by atoms with E-state index in [1.807, 2.05) is 24.3 Å². The molecule has 0 aliphatic heterocycles. The summed E-state index contributed by atoms with van der Waals surface area (Å²) in [5.41, 5.74) is 0.527. The molecule has 0 saturated heterocycles. The van der Waals surface area contributed by atoms with Gasteiger partial charge in [0.1, 0.15) is 18.2 Å². The van der Waals surface area contributed by atoms with E-state index in [0.29, 0.717) is 11.3 Å². The highest BCUT2D eigenvalue weighted by Gasteiger charge is 2.04. The molecule has 0 N–H and O–H groups in total. The second-order valence-corrected chi connectivity index (χ2v) is 5.31. The van der Waals surface area contributed by atoms with Crippen LogP contribution in [0.15, 0.2) is 51.4 Å². The third-order valence-corrected chi connectivity index (χ3v) is 3.18. The molecular formula is C13H9Br2FO. The molecule has 4 heteroatoms. The van der Waals surface area contributed by atoms with Crippen molar-refractivity contribution in [1.29, 1.82) is 0 Å². The molecule has 2 rings (SSSR count). The zero-order valence-electron chi connectivity index (χ0n) is 8.79. The van der Waals surface area contributed by atoms with Crippen molar-refractivity contribution in [3.63, 3.8) is 0 Å². The molecule has 0 unspecified atom stereocenters. The fourth-order valence-electron chi connectivity index (χ4n) is 1.37. The number of benzene rings is 2. The first-order chi connectivity index (χ1) is 8.15. The van der Waals surface area contributed by atoms with Gasteiger partial charge in [-0.3, -0.25) is 0 Å². The molecule has 0 saturated carbocycles. The quantitative estimate of drug-likeness (QED) is 0.754. The van der Waals surface area contributed by atoms with Crippen molar-refractivity contribution in [2.45, 2.75) is 6.61 Å². The SMILES string of the molecule is Fc1ccc(Br)cc1COc1cccc(Br)c1. The van der Waals surface area contributed by atoms with Crippen LogP contribution in [0.1, 0.15) is 5.56 Å². The van der Waals surface area contributed by atoms with E-state index in [-0.39, 0.29) is 12.4 Å². The second kappa shape index (κ2) is 5.65. The second-order valence-electron chi connectivity index (χ2n) is 3.48. The minimum absolute atomic E-state index is 0.210. The maximum atomic E-state index is 13.4. The highest BCUT2D eigenvalue weighted by atomic mass is 79.9. The Labute approximate surface area is 116 Å². The van der Waals surface area contributed by atoms with Gasteiger partial charge in [0.2, 0.25) is 0 Å². The van der Waals surface area contributed by atoms with Gasteiger partial charge in [-0.15, -0.1) is 0 Å². The first-order valence-corrected chi connectivity index (χ1v) is 6.56. The van der Waals surface area contributed by atoms with E-state index in [1.54, 1.807) is 12.1 Å². The number of ether oxygens (including phenoxy) is 1. The van der Waals surface area contributed by atoms with Crippen molar-refractivity contribution in [1.82, 2.24) is 0 Å². The van der Waals surface area contributed by atoms with E-state index in [1.165, 1.54) is 6.07 Å². The van der Waals surface area contributed by atoms with Crippen molar-refractivity contribution in [2.24, 2.45) is 0 Å². The summed E-state index contributed by atoms with van der Waals surface area (Å²) < 4.78 is 20.7. The fraction of sp³-hybridized carbons (Fsp3) is 0.0769. The molecule has 0 amide bonds. The molecule has 17 heavy (non-hydrogen) atoms. The zero-order chi connectivity index (χ0) is 12.3. The lowest BCUT2D eigenvalue weighted by Crippen LogP contribution is -1.98. The van der Waals surface area contributed by atoms with Crippen molar-refractivity contribution in [3.8, 4) is 5.75 Å². The standard InChI is InChI=1S/C13H9Br2FO/c14-10-2-1-3-12(7-10)17-8-9-6-11(15)4-5-13(9)16/h1-7H,8H2. The molecule has 1 nitrogen and oxygen atoms in total. The highest BCUT2D eigenvalue weighted by molar-refractivity contribution is 9.10. The number of hydrogen-bond acceptors (Lipinski definition) is 1. The lowest BCUT2D eigenvalue weighted by atomic mass is 10.2. The predicted molar refractivity (Wildman–Crippen MR) is 72.6 cm³/mol. The zero-order valence-corrected chi connectivity index (χ0v) is 12.0. The molecule has 2 aromatic carbocycles. The first kappa shape index (κ1) is 12.6. The van der Waals surface area contributed by atoms with Gasteiger partial charge in [0, 0.05) is 14.5 Å². The molecule has 0 aromatic heterocycles. The average Bonchev–Trinajstić information content (AvgIpc) is 2.30. The van der Waals surface area contributed by atoms with Crippen LogP contribution in [0.4, 0.5) is 4.39 Å². The molecule has 0 aliphatic carbocycles. The summed E-state index contributed by atoms with van der Waals surface area (Å²) >= 11 is 6.66. The molecule has 0 heterocycles. The summed E-state index contributed by atoms with van der Waals surface area (Å²) in [7, 11) is 0. The van der Waals surface area contributed by atoms with Crippen LogP contribution in [0.5, 0.6) is 5.75 Å². The summed E-state index contributed by atoms with van der Waals surface area (Å²) in [5.74, 6) is 0.446. The van der Waals surface area contributed by atoms with Crippen molar-refractivity contribution in [3.05, 3.63) is 62.8 Å². The minimum atomic E-state index is -0.261. The van der Waals surface area contributed by atoms with E-state index in [2.05, 4.69) is 31.9 Å². The van der Waals surface area contributed by atoms with Gasteiger partial charge in [-0.05, 0) is 36.4 Å². The molecule has 0 atom stereocenters. The Morgan fingerprint density at radius 1 is 1.00 bits per heavy atom. The largest absolute Gasteiger partial charge is 0.489 e. The molecule has 0 spiro atoms. The number of hydrogen-bond donors (Lipinski definition) is 0. The maximum absolute atomic E-state index is 13.4. The fourth-order valence-corrected chi connectivity index (χ4v) is 2.16. The molecule has 0 fully saturated rings. The van der Waals surface area contributed by atoms with E-state index in [4.69, 9.17) is 4.74 Å². The highest BCUT2D eigenvalue weighted by Crippen LogP contribution is 2.21. The van der Waals surface area contributed by atoms with Crippen LogP contribution in [0, 0.1) is 5.82 Å². The van der Waals surface area contributed by atoms with Crippen LogP contribution in [0.25, 0.3) is 0 Å². The van der Waals surface area contributed by atoms with Gasteiger partial charge in [-0.2, -0.15) is 0 Å². The third kappa shape index (κ3) is 3.54. The van der Waals surface area contributed by atoms with Gasteiger partial charge >= 0.3 is 0 Å². The van der Waals surface area contributed by atoms with Crippen LogP contribution in [0.2, 0.25) is 0 Å². The Hall–Kier alpha value is -0.870. The van der Waals surface area contributed by atoms with E-state index in [0.717, 1.165) is 8.95 Å². The van der Waals surface area contributed by atoms with Gasteiger partial charge in [0.15, 0.2) is 0 Å². The topological polar surface area (TPSA) is 9.23 Å². The smallest absolute Gasteiger partial charge is 0.129 e. The van der Waals surface area contributed by atoms with E-state index < -0.39 is 0 Å². The summed E-state index contributed by atoms with van der Waals surface area (Å²) in [4.78, 5) is 0. The summed E-state index contributed by atoms with van der Waals surface area (Å²) in [6.45, 7) is 0.210. The predicted octanol–water partition coefficient (Wildman–Crippen LogP) is 4.93. The number of rotatable bonds is 3. The average molecular weight is 360 g/mol. The van der Waals surface area contributed by atoms with Gasteiger partial charge < -0.3 is 4.74 Å². The van der Waals surface area contributed by atoms with Crippen LogP contribution in [0.3, 0.4) is 0 Å². The van der Waals surface area contributed by atoms with Gasteiger partial charge in [-0.1, -0.05) is 37.9 Å². The van der Waals surface area contributed by atoms with Crippen molar-refractivity contribution >= 4 is 31.9 Å². The molecule has 0 bridgehead atoms. The Bertz CT molecular complexity index is 529. The Morgan fingerprint density at radius 3 is 2.53 bits per heavy atom. The lowest BCUT2D eigenvalue weighted by molar-refractivity contribution is 0.299. The van der Waals surface area contributed by atoms with Crippen molar-refractivity contribution in [2.75, 3.05) is 0 Å². The molecule has 0 radical (unpaired) electrons. The van der Waals surface area contributed by atoms with Gasteiger partial charge in [0.05, 0.1) is 0 Å². The molecule has 2 aromatic rings. The number of halogens is 3. The Balaban J connectivity index is 2.09. The van der Waals surface area contributed by atoms with Gasteiger partial charge in [-0.25, -0.2) is 4.39 Å². The maximum Gasteiger partial charge on any atom is 0.129 e. The van der Waals surface area contributed by atoms with Crippen LogP contribution in [-0.4, -0.2) is 0 Å². The van der Waals surface area contributed by atoms with Crippen LogP contribution < -0.4 is 4.74 Å². The van der Waals surface area contributed by atoms with Gasteiger partial charge in [0.25, 0.3) is 0 Å². The van der Waals surface area contributed by atoms with E-state index >= 15 is 0 Å². The molecular weight excluding hydrogens is 351 g/mol. The van der Waals surface area contributed by atoms with Crippen molar-refractivity contribution < 1.29 is 9.13 Å². The Kier molecular flexibility index (Phi) is 4.18. The lowest BCUT2D eigenvalue weighted by Gasteiger charge is -2.07. The minimum Gasteiger partial charge on any atom is -0.489 e. The Morgan fingerprint density at radius 2 is 1.76 bits per heavy atom. The molecule has 88 valence electrons. The summed E-state index contributed by atoms with van der Waals surface area (Å²) in [6.07, 6.45) is 0.